The van der Waals surface area contributed by atoms with Gasteiger partial charge in [-0.05, 0) is 37.0 Å². The van der Waals surface area contributed by atoms with Crippen LogP contribution in [0.4, 0.5) is 0 Å². The predicted molar refractivity (Wildman–Crippen MR) is 82.2 cm³/mol. The van der Waals surface area contributed by atoms with E-state index in [9.17, 15) is 9.59 Å². The number of rotatable bonds is 6. The van der Waals surface area contributed by atoms with E-state index in [4.69, 9.17) is 4.42 Å². The van der Waals surface area contributed by atoms with Crippen molar-refractivity contribution in [2.45, 2.75) is 33.1 Å². The molecule has 1 aromatic heterocycles. The molecule has 0 unspecified atom stereocenters. The molecule has 2 aromatic rings. The maximum Gasteiger partial charge on any atom is 0.419 e. The largest absolute Gasteiger partial charge is 0.419 e. The lowest BCUT2D eigenvalue weighted by atomic mass is 10.0. The Hall–Kier alpha value is -2.04. The van der Waals surface area contributed by atoms with Crippen molar-refractivity contribution in [1.29, 1.82) is 0 Å². The van der Waals surface area contributed by atoms with E-state index in [0.717, 1.165) is 30.3 Å². The van der Waals surface area contributed by atoms with Gasteiger partial charge in [-0.3, -0.25) is 9.36 Å². The molecule has 0 saturated carbocycles. The van der Waals surface area contributed by atoms with E-state index in [1.54, 1.807) is 7.05 Å². The van der Waals surface area contributed by atoms with Crippen LogP contribution in [0, 0.1) is 5.92 Å². The fourth-order valence-corrected chi connectivity index (χ4v) is 2.47. The molecule has 5 heteroatoms. The zero-order valence-electron chi connectivity index (χ0n) is 12.8. The molecule has 0 aliphatic carbocycles. The summed E-state index contributed by atoms with van der Waals surface area (Å²) >= 11 is 0. The second kappa shape index (κ2) is 6.61. The van der Waals surface area contributed by atoms with Crippen LogP contribution in [-0.4, -0.2) is 17.0 Å². The van der Waals surface area contributed by atoms with Crippen molar-refractivity contribution < 1.29 is 9.21 Å². The van der Waals surface area contributed by atoms with Gasteiger partial charge in [0.2, 0.25) is 5.91 Å². The minimum Gasteiger partial charge on any atom is -0.408 e. The van der Waals surface area contributed by atoms with Crippen molar-refractivity contribution in [2.24, 2.45) is 13.0 Å². The fourth-order valence-electron chi connectivity index (χ4n) is 2.47. The van der Waals surface area contributed by atoms with Gasteiger partial charge in [0.05, 0.1) is 5.52 Å². The topological polar surface area (TPSA) is 64.2 Å². The number of carbonyl (C=O) groups excluding carboxylic acids is 1. The predicted octanol–water partition coefficient (Wildman–Crippen LogP) is 2.23. The normalized spacial score (nSPS) is 11.2. The summed E-state index contributed by atoms with van der Waals surface area (Å²) in [6.45, 7) is 4.65. The standard InChI is InChI=1S/C16H22N2O3/c1-4-12(5-2)15(19)17-9-8-11-6-7-13-14(10-11)21-16(20)18(13)3/h6-7,10,12H,4-5,8-9H2,1-3H3,(H,17,19). The molecule has 1 heterocycles. The number of carbonyl (C=O) groups is 1. The minimum atomic E-state index is -0.357. The molecule has 21 heavy (non-hydrogen) atoms. The molecule has 0 saturated heterocycles. The Balaban J connectivity index is 1.98. The molecule has 0 bridgehead atoms. The van der Waals surface area contributed by atoms with E-state index in [2.05, 4.69) is 5.32 Å². The van der Waals surface area contributed by atoms with E-state index < -0.39 is 0 Å². The molecule has 1 N–H and O–H groups in total. The van der Waals surface area contributed by atoms with Crippen molar-refractivity contribution in [3.05, 3.63) is 34.3 Å². The molecule has 2 rings (SSSR count). The molecule has 1 aromatic carbocycles. The molecule has 0 spiro atoms. The Kier molecular flexibility index (Phi) is 4.83. The maximum absolute atomic E-state index is 11.9. The second-order valence-electron chi connectivity index (χ2n) is 5.28. The van der Waals surface area contributed by atoms with Crippen LogP contribution in [0.25, 0.3) is 11.1 Å². The number of nitrogens with zero attached hydrogens (tertiary/aromatic N) is 1. The van der Waals surface area contributed by atoms with Crippen molar-refractivity contribution in [3.8, 4) is 0 Å². The average Bonchev–Trinajstić information content (AvgIpc) is 2.75. The number of fused-ring (bicyclic) bond motifs is 1. The highest BCUT2D eigenvalue weighted by molar-refractivity contribution is 5.78. The lowest BCUT2D eigenvalue weighted by Crippen LogP contribution is -2.31. The highest BCUT2D eigenvalue weighted by Gasteiger charge is 2.13. The van der Waals surface area contributed by atoms with Gasteiger partial charge >= 0.3 is 5.76 Å². The molecular weight excluding hydrogens is 268 g/mol. The number of aromatic nitrogens is 1. The summed E-state index contributed by atoms with van der Waals surface area (Å²) in [5, 5.41) is 2.96. The van der Waals surface area contributed by atoms with Crippen molar-refractivity contribution in [3.63, 3.8) is 0 Å². The summed E-state index contributed by atoms with van der Waals surface area (Å²) in [5.74, 6) is -0.142. The SMILES string of the molecule is CCC(CC)C(=O)NCCc1ccc2c(c1)oc(=O)n2C. The van der Waals surface area contributed by atoms with Gasteiger partial charge in [0.15, 0.2) is 5.58 Å². The van der Waals surface area contributed by atoms with Gasteiger partial charge in [-0.2, -0.15) is 0 Å². The summed E-state index contributed by atoms with van der Waals surface area (Å²) in [6.07, 6.45) is 2.45. The highest BCUT2D eigenvalue weighted by Crippen LogP contribution is 2.14. The number of aryl methyl sites for hydroxylation is 1. The van der Waals surface area contributed by atoms with Crippen LogP contribution >= 0.6 is 0 Å². The van der Waals surface area contributed by atoms with Crippen LogP contribution in [0.2, 0.25) is 0 Å². The van der Waals surface area contributed by atoms with Crippen LogP contribution in [0.5, 0.6) is 0 Å². The van der Waals surface area contributed by atoms with E-state index in [1.807, 2.05) is 32.0 Å². The minimum absolute atomic E-state index is 0.0969. The monoisotopic (exact) mass is 290 g/mol. The first kappa shape index (κ1) is 15.4. The third-order valence-corrected chi connectivity index (χ3v) is 3.93. The number of hydrogen-bond acceptors (Lipinski definition) is 3. The van der Waals surface area contributed by atoms with E-state index >= 15 is 0 Å². The number of benzene rings is 1. The first-order chi connectivity index (χ1) is 10.1. The van der Waals surface area contributed by atoms with Gasteiger partial charge in [0.25, 0.3) is 0 Å². The third-order valence-electron chi connectivity index (χ3n) is 3.93. The Labute approximate surface area is 123 Å². The zero-order chi connectivity index (χ0) is 15.4. The molecule has 0 radical (unpaired) electrons. The molecule has 0 aliphatic rings. The lowest BCUT2D eigenvalue weighted by molar-refractivity contribution is -0.125. The van der Waals surface area contributed by atoms with Gasteiger partial charge in [-0.1, -0.05) is 19.9 Å². The number of oxazole rings is 1. The first-order valence-corrected chi connectivity index (χ1v) is 7.43. The van der Waals surface area contributed by atoms with Gasteiger partial charge in [0.1, 0.15) is 0 Å². The van der Waals surface area contributed by atoms with Crippen LogP contribution < -0.4 is 11.1 Å². The van der Waals surface area contributed by atoms with Crippen LogP contribution in [-0.2, 0) is 18.3 Å². The summed E-state index contributed by atoms with van der Waals surface area (Å²) in [7, 11) is 1.68. The van der Waals surface area contributed by atoms with Crippen molar-refractivity contribution >= 4 is 17.0 Å². The second-order valence-corrected chi connectivity index (χ2v) is 5.28. The molecule has 0 aliphatic heterocycles. The quantitative estimate of drug-likeness (QED) is 0.887. The molecule has 5 nitrogen and oxygen atoms in total. The first-order valence-electron chi connectivity index (χ1n) is 7.43. The molecule has 0 fully saturated rings. The van der Waals surface area contributed by atoms with Crippen molar-refractivity contribution in [2.75, 3.05) is 6.54 Å². The highest BCUT2D eigenvalue weighted by atomic mass is 16.4. The third kappa shape index (κ3) is 3.35. The summed E-state index contributed by atoms with van der Waals surface area (Å²) in [5.41, 5.74) is 2.41. The van der Waals surface area contributed by atoms with Gasteiger partial charge < -0.3 is 9.73 Å². The average molecular weight is 290 g/mol. The number of hydrogen-bond donors (Lipinski definition) is 1. The summed E-state index contributed by atoms with van der Waals surface area (Å²) in [4.78, 5) is 23.3. The van der Waals surface area contributed by atoms with E-state index in [1.165, 1.54) is 4.57 Å². The fraction of sp³-hybridized carbons (Fsp3) is 0.500. The Morgan fingerprint density at radius 1 is 1.33 bits per heavy atom. The summed E-state index contributed by atoms with van der Waals surface area (Å²) < 4.78 is 6.64. The maximum atomic E-state index is 11.9. The molecule has 114 valence electrons. The van der Waals surface area contributed by atoms with Crippen LogP contribution in [0.3, 0.4) is 0 Å². The Morgan fingerprint density at radius 3 is 2.71 bits per heavy atom. The van der Waals surface area contributed by atoms with Gasteiger partial charge in [0, 0.05) is 19.5 Å². The van der Waals surface area contributed by atoms with E-state index in [-0.39, 0.29) is 17.6 Å². The molecular formula is C16H22N2O3. The van der Waals surface area contributed by atoms with Gasteiger partial charge in [-0.15, -0.1) is 0 Å². The smallest absolute Gasteiger partial charge is 0.408 e. The Morgan fingerprint density at radius 2 is 2.05 bits per heavy atom. The van der Waals surface area contributed by atoms with E-state index in [0.29, 0.717) is 12.1 Å². The number of nitrogens with one attached hydrogen (secondary N) is 1. The lowest BCUT2D eigenvalue weighted by Gasteiger charge is -2.12. The van der Waals surface area contributed by atoms with Crippen LogP contribution in [0.15, 0.2) is 27.4 Å². The summed E-state index contributed by atoms with van der Waals surface area (Å²) in [6, 6.07) is 5.69. The van der Waals surface area contributed by atoms with Crippen molar-refractivity contribution in [1.82, 2.24) is 9.88 Å². The zero-order valence-corrected chi connectivity index (χ0v) is 12.8. The molecule has 0 atom stereocenters. The Bertz CT molecular complexity index is 680. The van der Waals surface area contributed by atoms with Crippen LogP contribution in [0.1, 0.15) is 32.3 Å². The molecule has 1 amide bonds. The van der Waals surface area contributed by atoms with Gasteiger partial charge in [-0.25, -0.2) is 4.79 Å². The number of amides is 1.